The maximum Gasteiger partial charge on any atom is 0.185 e. The van der Waals surface area contributed by atoms with Crippen molar-refractivity contribution in [1.29, 1.82) is 0 Å². The average molecular weight is 462 g/mol. The van der Waals surface area contributed by atoms with E-state index in [1.165, 1.54) is 0 Å². The van der Waals surface area contributed by atoms with Crippen molar-refractivity contribution >= 4 is 61.2 Å². The summed E-state index contributed by atoms with van der Waals surface area (Å²) in [7, 11) is 0. The summed E-state index contributed by atoms with van der Waals surface area (Å²) in [5, 5.41) is 0. The van der Waals surface area contributed by atoms with Gasteiger partial charge in [0.25, 0.3) is 0 Å². The number of hydrogen-bond donors (Lipinski definition) is 2. The van der Waals surface area contributed by atoms with Gasteiger partial charge in [0.15, 0.2) is 5.78 Å². The molecule has 128 valence electrons. The maximum absolute atomic E-state index is 12.8. The topological polar surface area (TPSA) is 69.1 Å². The Hall–Kier alpha value is -1.85. The highest BCUT2D eigenvalue weighted by atomic mass is 79.9. The molecule has 0 spiro atoms. The molecule has 3 nitrogen and oxygen atoms in total. The van der Waals surface area contributed by atoms with Crippen molar-refractivity contribution in [2.24, 2.45) is 0 Å². The van der Waals surface area contributed by atoms with Crippen LogP contribution in [0, 0.1) is 0 Å². The molecule has 0 aromatic heterocycles. The minimum Gasteiger partial charge on any atom is -0.398 e. The Kier molecular flexibility index (Phi) is 5.45. The minimum atomic E-state index is 0.118. The second kappa shape index (κ2) is 7.58. The third-order valence-electron chi connectivity index (χ3n) is 4.21. The summed E-state index contributed by atoms with van der Waals surface area (Å²) in [5.74, 6) is 0.118. The van der Waals surface area contributed by atoms with Gasteiger partial charge in [0.2, 0.25) is 0 Å². The van der Waals surface area contributed by atoms with Gasteiger partial charge in [-0.1, -0.05) is 12.1 Å². The zero-order chi connectivity index (χ0) is 18.0. The second-order valence-corrected chi connectivity index (χ2v) is 7.79. The van der Waals surface area contributed by atoms with Crippen LogP contribution in [0.2, 0.25) is 0 Å². The molecule has 2 aromatic carbocycles. The Bertz CT molecular complexity index is 829. The van der Waals surface area contributed by atoms with E-state index in [0.29, 0.717) is 11.4 Å². The van der Waals surface area contributed by atoms with Crippen LogP contribution in [-0.4, -0.2) is 5.78 Å². The molecule has 0 heterocycles. The minimum absolute atomic E-state index is 0.118. The number of Topliss-reactive ketones (excluding diaryl/α,β-unsaturated/α-hetero) is 1. The van der Waals surface area contributed by atoms with E-state index >= 15 is 0 Å². The van der Waals surface area contributed by atoms with Gasteiger partial charge in [0.1, 0.15) is 0 Å². The highest BCUT2D eigenvalue weighted by Gasteiger charge is 2.20. The van der Waals surface area contributed by atoms with Crippen molar-refractivity contribution in [3.05, 3.63) is 67.6 Å². The van der Waals surface area contributed by atoms with Crippen LogP contribution in [0.1, 0.15) is 30.4 Å². The zero-order valence-corrected chi connectivity index (χ0v) is 16.7. The Balaban J connectivity index is 1.89. The molecular formula is C20H18Br2N2O. The van der Waals surface area contributed by atoms with E-state index in [9.17, 15) is 4.79 Å². The molecule has 0 unspecified atom stereocenters. The molecule has 2 aromatic rings. The summed E-state index contributed by atoms with van der Waals surface area (Å²) in [5.41, 5.74) is 16.6. The second-order valence-electron chi connectivity index (χ2n) is 6.08. The molecule has 25 heavy (non-hydrogen) atoms. The number of nitrogen functional groups attached to an aromatic ring is 2. The zero-order valence-electron chi connectivity index (χ0n) is 13.6. The molecule has 0 atom stereocenters. The first-order valence-electron chi connectivity index (χ1n) is 8.00. The molecule has 3 rings (SSSR count). The van der Waals surface area contributed by atoms with Crippen LogP contribution in [0.3, 0.4) is 0 Å². The SMILES string of the molecule is Nc1ccc(C=C2CCCC(=Cc3ccc(N)c(Br)c3)C2=O)cc1Br. The number of ketones is 1. The van der Waals surface area contributed by atoms with Gasteiger partial charge in [-0.15, -0.1) is 0 Å². The number of hydrogen-bond acceptors (Lipinski definition) is 3. The van der Waals surface area contributed by atoms with Crippen LogP contribution in [0.15, 0.2) is 56.5 Å². The molecule has 0 amide bonds. The third-order valence-corrected chi connectivity index (χ3v) is 5.58. The van der Waals surface area contributed by atoms with E-state index < -0.39 is 0 Å². The lowest BCUT2D eigenvalue weighted by molar-refractivity contribution is -0.112. The lowest BCUT2D eigenvalue weighted by Crippen LogP contribution is -2.12. The van der Waals surface area contributed by atoms with Gasteiger partial charge in [-0.2, -0.15) is 0 Å². The molecule has 1 aliphatic rings. The van der Waals surface area contributed by atoms with E-state index in [1.807, 2.05) is 48.6 Å². The van der Waals surface area contributed by atoms with Gasteiger partial charge >= 0.3 is 0 Å². The summed E-state index contributed by atoms with van der Waals surface area (Å²) in [6, 6.07) is 11.4. The first kappa shape index (κ1) is 18.0. The Morgan fingerprint density at radius 1 is 0.800 bits per heavy atom. The highest BCUT2D eigenvalue weighted by Crippen LogP contribution is 2.30. The largest absolute Gasteiger partial charge is 0.398 e. The first-order valence-corrected chi connectivity index (χ1v) is 9.58. The number of nitrogens with two attached hydrogens (primary N) is 2. The normalized spacial score (nSPS) is 18.1. The summed E-state index contributed by atoms with van der Waals surface area (Å²) >= 11 is 6.86. The number of rotatable bonds is 2. The average Bonchev–Trinajstić information content (AvgIpc) is 2.58. The predicted octanol–water partition coefficient (Wildman–Crippen LogP) is 5.60. The third kappa shape index (κ3) is 4.22. The number of benzene rings is 2. The monoisotopic (exact) mass is 460 g/mol. The Morgan fingerprint density at radius 2 is 1.24 bits per heavy atom. The van der Waals surface area contributed by atoms with Crippen molar-refractivity contribution in [2.75, 3.05) is 11.5 Å². The standard InChI is InChI=1S/C20H18Br2N2O/c21-16-10-12(4-6-18(16)23)8-14-2-1-3-15(20(14)25)9-13-5-7-19(24)17(22)11-13/h4-11H,1-3,23-24H2. The first-order chi connectivity index (χ1) is 11.9. The van der Waals surface area contributed by atoms with Crippen molar-refractivity contribution in [1.82, 2.24) is 0 Å². The van der Waals surface area contributed by atoms with Gasteiger partial charge in [0.05, 0.1) is 0 Å². The molecule has 4 N–H and O–H groups in total. The van der Waals surface area contributed by atoms with Crippen LogP contribution in [0.5, 0.6) is 0 Å². The molecule has 1 aliphatic carbocycles. The Labute approximate surface area is 164 Å². The van der Waals surface area contributed by atoms with Crippen LogP contribution in [0.4, 0.5) is 11.4 Å². The van der Waals surface area contributed by atoms with Crippen LogP contribution < -0.4 is 11.5 Å². The highest BCUT2D eigenvalue weighted by molar-refractivity contribution is 9.11. The predicted molar refractivity (Wildman–Crippen MR) is 112 cm³/mol. The Morgan fingerprint density at radius 3 is 1.64 bits per heavy atom. The number of carbonyl (C=O) groups is 1. The van der Waals surface area contributed by atoms with Gasteiger partial charge in [-0.05, 0) is 98.7 Å². The van der Waals surface area contributed by atoms with Crippen molar-refractivity contribution < 1.29 is 4.79 Å². The van der Waals surface area contributed by atoms with E-state index in [2.05, 4.69) is 31.9 Å². The molecule has 0 bridgehead atoms. The summed E-state index contributed by atoms with van der Waals surface area (Å²) in [6.07, 6.45) is 6.47. The van der Waals surface area contributed by atoms with Crippen LogP contribution in [0.25, 0.3) is 12.2 Å². The van der Waals surface area contributed by atoms with E-state index in [4.69, 9.17) is 11.5 Å². The molecule has 1 saturated carbocycles. The molecule has 0 aliphatic heterocycles. The van der Waals surface area contributed by atoms with E-state index in [0.717, 1.165) is 50.5 Å². The number of anilines is 2. The molecule has 5 heteroatoms. The lowest BCUT2D eigenvalue weighted by atomic mass is 9.87. The quantitative estimate of drug-likeness (QED) is 0.452. The lowest BCUT2D eigenvalue weighted by Gasteiger charge is -2.17. The number of halogens is 2. The van der Waals surface area contributed by atoms with Crippen molar-refractivity contribution in [2.45, 2.75) is 19.3 Å². The number of carbonyl (C=O) groups excluding carboxylic acids is 1. The van der Waals surface area contributed by atoms with Gasteiger partial charge in [0, 0.05) is 31.5 Å². The van der Waals surface area contributed by atoms with Gasteiger partial charge in [-0.25, -0.2) is 0 Å². The fourth-order valence-corrected chi connectivity index (χ4v) is 3.64. The summed E-state index contributed by atoms with van der Waals surface area (Å²) in [4.78, 5) is 12.8. The molecular weight excluding hydrogens is 444 g/mol. The fraction of sp³-hybridized carbons (Fsp3) is 0.150. The summed E-state index contributed by atoms with van der Waals surface area (Å²) < 4.78 is 1.68. The van der Waals surface area contributed by atoms with Crippen molar-refractivity contribution in [3.63, 3.8) is 0 Å². The maximum atomic E-state index is 12.8. The van der Waals surface area contributed by atoms with Crippen LogP contribution in [-0.2, 0) is 4.79 Å². The van der Waals surface area contributed by atoms with Crippen molar-refractivity contribution in [3.8, 4) is 0 Å². The molecule has 0 saturated heterocycles. The van der Waals surface area contributed by atoms with Gasteiger partial charge < -0.3 is 11.5 Å². The van der Waals surface area contributed by atoms with E-state index in [-0.39, 0.29) is 5.78 Å². The summed E-state index contributed by atoms with van der Waals surface area (Å²) in [6.45, 7) is 0. The number of allylic oxidation sites excluding steroid dienone is 2. The van der Waals surface area contributed by atoms with E-state index in [1.54, 1.807) is 0 Å². The van der Waals surface area contributed by atoms with Crippen LogP contribution >= 0.6 is 31.9 Å². The smallest absolute Gasteiger partial charge is 0.185 e. The molecule has 1 fully saturated rings. The van der Waals surface area contributed by atoms with Gasteiger partial charge in [-0.3, -0.25) is 4.79 Å². The fourth-order valence-electron chi connectivity index (χ4n) is 2.85. The molecule has 0 radical (unpaired) electrons.